The number of carbonyl (C=O) groups is 1. The summed E-state index contributed by atoms with van der Waals surface area (Å²) >= 11 is 5.91. The van der Waals surface area contributed by atoms with E-state index in [1.807, 2.05) is 24.3 Å². The van der Waals surface area contributed by atoms with Crippen LogP contribution in [0.3, 0.4) is 0 Å². The minimum atomic E-state index is 0.0568. The number of halogens is 1. The molecule has 1 atom stereocenters. The molecule has 5 heteroatoms. The fraction of sp³-hybridized carbons (Fsp3) is 0.476. The predicted molar refractivity (Wildman–Crippen MR) is 106 cm³/mol. The Bertz CT molecular complexity index is 702. The Morgan fingerprint density at radius 2 is 1.81 bits per heavy atom. The van der Waals surface area contributed by atoms with E-state index < -0.39 is 0 Å². The van der Waals surface area contributed by atoms with Crippen LogP contribution in [-0.2, 0) is 18.3 Å². The van der Waals surface area contributed by atoms with Gasteiger partial charge >= 0.3 is 0 Å². The third-order valence-electron chi connectivity index (χ3n) is 5.18. The average molecular weight is 374 g/mol. The molecule has 0 saturated carbocycles. The number of benzene rings is 1. The van der Waals surface area contributed by atoms with Gasteiger partial charge in [-0.1, -0.05) is 36.6 Å². The van der Waals surface area contributed by atoms with Crippen LogP contribution in [0.25, 0.3) is 0 Å². The molecule has 0 radical (unpaired) electrons. The first-order valence-electron chi connectivity index (χ1n) is 9.50. The molecular formula is C21H28ClN3O. The number of hydrogen-bond donors (Lipinski definition) is 1. The van der Waals surface area contributed by atoms with Gasteiger partial charge in [0.05, 0.1) is 12.5 Å². The molecule has 140 valence electrons. The summed E-state index contributed by atoms with van der Waals surface area (Å²) in [6, 6.07) is 11.9. The van der Waals surface area contributed by atoms with Crippen LogP contribution in [0.15, 0.2) is 42.6 Å². The van der Waals surface area contributed by atoms with Gasteiger partial charge in [-0.15, -0.1) is 0 Å². The lowest BCUT2D eigenvalue weighted by Gasteiger charge is -2.31. The smallest absolute Gasteiger partial charge is 0.224 e. The van der Waals surface area contributed by atoms with Crippen LogP contribution < -0.4 is 5.32 Å². The molecule has 1 aromatic carbocycles. The van der Waals surface area contributed by atoms with Gasteiger partial charge in [0.25, 0.3) is 0 Å². The van der Waals surface area contributed by atoms with E-state index in [-0.39, 0.29) is 11.9 Å². The van der Waals surface area contributed by atoms with Gasteiger partial charge in [0.1, 0.15) is 0 Å². The number of amides is 1. The van der Waals surface area contributed by atoms with Gasteiger partial charge in [0, 0.05) is 30.5 Å². The summed E-state index contributed by atoms with van der Waals surface area (Å²) in [4.78, 5) is 15.0. The van der Waals surface area contributed by atoms with Crippen molar-refractivity contribution in [2.24, 2.45) is 7.05 Å². The van der Waals surface area contributed by atoms with Crippen molar-refractivity contribution in [2.45, 2.75) is 38.1 Å². The van der Waals surface area contributed by atoms with E-state index in [9.17, 15) is 4.79 Å². The SMILES string of the molecule is Cn1cccc1[C@H](CNC(=O)Cc1ccc(Cl)cc1)N1CCCCCC1. The normalized spacial score (nSPS) is 16.8. The fourth-order valence-corrected chi connectivity index (χ4v) is 3.83. The van der Waals surface area contributed by atoms with E-state index in [1.165, 1.54) is 31.4 Å². The van der Waals surface area contributed by atoms with Crippen molar-refractivity contribution in [3.05, 3.63) is 58.9 Å². The highest BCUT2D eigenvalue weighted by molar-refractivity contribution is 6.30. The Morgan fingerprint density at radius 1 is 1.12 bits per heavy atom. The number of rotatable bonds is 6. The van der Waals surface area contributed by atoms with Gasteiger partial charge in [-0.25, -0.2) is 0 Å². The maximum absolute atomic E-state index is 12.4. The third kappa shape index (κ3) is 5.12. The molecule has 2 aromatic rings. The zero-order chi connectivity index (χ0) is 18.4. The van der Waals surface area contributed by atoms with E-state index in [0.29, 0.717) is 18.0 Å². The molecule has 1 aromatic heterocycles. The third-order valence-corrected chi connectivity index (χ3v) is 5.43. The van der Waals surface area contributed by atoms with Crippen molar-refractivity contribution in [1.82, 2.24) is 14.8 Å². The second kappa shape index (κ2) is 9.24. The van der Waals surface area contributed by atoms with E-state index in [0.717, 1.165) is 18.7 Å². The van der Waals surface area contributed by atoms with Crippen LogP contribution in [0.1, 0.15) is 43.0 Å². The van der Waals surface area contributed by atoms with Crippen LogP contribution in [0.2, 0.25) is 5.02 Å². The minimum Gasteiger partial charge on any atom is -0.354 e. The molecule has 4 nitrogen and oxygen atoms in total. The van der Waals surface area contributed by atoms with Gasteiger partial charge < -0.3 is 9.88 Å². The number of carbonyl (C=O) groups excluding carboxylic acids is 1. The summed E-state index contributed by atoms with van der Waals surface area (Å²) in [5.41, 5.74) is 2.25. The van der Waals surface area contributed by atoms with Crippen molar-refractivity contribution >= 4 is 17.5 Å². The minimum absolute atomic E-state index is 0.0568. The van der Waals surface area contributed by atoms with Crippen LogP contribution in [0, 0.1) is 0 Å². The predicted octanol–water partition coefficient (Wildman–Crippen LogP) is 3.95. The number of likely N-dealkylation sites (tertiary alicyclic amines) is 1. The monoisotopic (exact) mass is 373 g/mol. The Labute approximate surface area is 161 Å². The summed E-state index contributed by atoms with van der Waals surface area (Å²) in [6.07, 6.45) is 7.55. The molecule has 0 spiro atoms. The Balaban J connectivity index is 1.64. The van der Waals surface area contributed by atoms with E-state index >= 15 is 0 Å². The highest BCUT2D eigenvalue weighted by Gasteiger charge is 2.23. The number of nitrogens with one attached hydrogen (secondary N) is 1. The van der Waals surface area contributed by atoms with Gasteiger partial charge in [-0.2, -0.15) is 0 Å². The van der Waals surface area contributed by atoms with Crippen LogP contribution in [0.4, 0.5) is 0 Å². The lowest BCUT2D eigenvalue weighted by Crippen LogP contribution is -2.39. The molecule has 1 amide bonds. The summed E-state index contributed by atoms with van der Waals surface area (Å²) in [7, 11) is 2.08. The first kappa shape index (κ1) is 19.0. The number of aryl methyl sites for hydroxylation is 1. The van der Waals surface area contributed by atoms with Gasteiger partial charge in [0.15, 0.2) is 0 Å². The standard InChI is InChI=1S/C21H28ClN3O/c1-24-12-6-7-19(24)20(25-13-4-2-3-5-14-25)16-23-21(26)15-17-8-10-18(22)11-9-17/h6-12,20H,2-5,13-16H2,1H3,(H,23,26)/t20-/m0/s1. The van der Waals surface area contributed by atoms with E-state index in [1.54, 1.807) is 0 Å². The van der Waals surface area contributed by atoms with E-state index in [2.05, 4.69) is 40.2 Å². The highest BCUT2D eigenvalue weighted by atomic mass is 35.5. The Hall–Kier alpha value is -1.78. The van der Waals surface area contributed by atoms with Crippen molar-refractivity contribution in [3.8, 4) is 0 Å². The summed E-state index contributed by atoms with van der Waals surface area (Å²) in [5, 5.41) is 3.85. The molecule has 1 N–H and O–H groups in total. The molecule has 1 saturated heterocycles. The molecule has 1 fully saturated rings. The molecule has 1 aliphatic heterocycles. The molecule has 0 aliphatic carbocycles. The molecule has 3 rings (SSSR count). The lowest BCUT2D eigenvalue weighted by atomic mass is 10.1. The van der Waals surface area contributed by atoms with Gasteiger partial charge in [-0.3, -0.25) is 9.69 Å². The van der Waals surface area contributed by atoms with Gasteiger partial charge in [-0.05, 0) is 55.8 Å². The fourth-order valence-electron chi connectivity index (χ4n) is 3.71. The largest absolute Gasteiger partial charge is 0.354 e. The van der Waals surface area contributed by atoms with Crippen LogP contribution >= 0.6 is 11.6 Å². The lowest BCUT2D eigenvalue weighted by molar-refractivity contribution is -0.120. The molecule has 0 unspecified atom stereocenters. The number of hydrogen-bond acceptors (Lipinski definition) is 2. The summed E-state index contributed by atoms with van der Waals surface area (Å²) in [5.74, 6) is 0.0568. The topological polar surface area (TPSA) is 37.3 Å². The van der Waals surface area contributed by atoms with Crippen molar-refractivity contribution in [3.63, 3.8) is 0 Å². The average Bonchev–Trinajstić information content (AvgIpc) is 2.88. The first-order chi connectivity index (χ1) is 12.6. The maximum Gasteiger partial charge on any atom is 0.224 e. The number of aromatic nitrogens is 1. The van der Waals surface area contributed by atoms with Crippen molar-refractivity contribution in [2.75, 3.05) is 19.6 Å². The van der Waals surface area contributed by atoms with Crippen LogP contribution in [-0.4, -0.2) is 35.0 Å². The zero-order valence-corrected chi connectivity index (χ0v) is 16.2. The Morgan fingerprint density at radius 3 is 2.42 bits per heavy atom. The highest BCUT2D eigenvalue weighted by Crippen LogP contribution is 2.24. The summed E-state index contributed by atoms with van der Waals surface area (Å²) < 4.78 is 2.17. The van der Waals surface area contributed by atoms with Gasteiger partial charge in [0.2, 0.25) is 5.91 Å². The quantitative estimate of drug-likeness (QED) is 0.832. The second-order valence-electron chi connectivity index (χ2n) is 7.12. The van der Waals surface area contributed by atoms with Crippen molar-refractivity contribution in [1.29, 1.82) is 0 Å². The first-order valence-corrected chi connectivity index (χ1v) is 9.88. The molecular weight excluding hydrogens is 346 g/mol. The summed E-state index contributed by atoms with van der Waals surface area (Å²) in [6.45, 7) is 2.84. The van der Waals surface area contributed by atoms with E-state index in [4.69, 9.17) is 11.6 Å². The van der Waals surface area contributed by atoms with Crippen molar-refractivity contribution < 1.29 is 4.79 Å². The molecule has 2 heterocycles. The molecule has 0 bridgehead atoms. The number of nitrogens with zero attached hydrogens (tertiary/aromatic N) is 2. The maximum atomic E-state index is 12.4. The molecule has 26 heavy (non-hydrogen) atoms. The Kier molecular flexibility index (Phi) is 6.75. The second-order valence-corrected chi connectivity index (χ2v) is 7.55. The zero-order valence-electron chi connectivity index (χ0n) is 15.5. The van der Waals surface area contributed by atoms with Crippen LogP contribution in [0.5, 0.6) is 0 Å². The molecule has 1 aliphatic rings.